The highest BCUT2D eigenvalue weighted by Gasteiger charge is 2.24. The third-order valence-corrected chi connectivity index (χ3v) is 6.79. The molecule has 0 aliphatic heterocycles. The summed E-state index contributed by atoms with van der Waals surface area (Å²) in [5.74, 6) is -0.670. The van der Waals surface area contributed by atoms with Gasteiger partial charge in [0.05, 0.1) is 11.3 Å². The molecule has 0 saturated heterocycles. The summed E-state index contributed by atoms with van der Waals surface area (Å²) in [4.78, 5) is 8.59. The van der Waals surface area contributed by atoms with Gasteiger partial charge in [-0.2, -0.15) is 0 Å². The topological polar surface area (TPSA) is 131 Å². The van der Waals surface area contributed by atoms with Crippen LogP contribution in [0, 0.1) is 12.7 Å². The van der Waals surface area contributed by atoms with Gasteiger partial charge in [-0.05, 0) is 48.4 Å². The van der Waals surface area contributed by atoms with E-state index < -0.39 is 10.0 Å². The van der Waals surface area contributed by atoms with Crippen LogP contribution < -0.4 is 4.72 Å². The molecule has 0 aliphatic carbocycles. The van der Waals surface area contributed by atoms with Crippen LogP contribution in [0.1, 0.15) is 17.0 Å². The molecule has 0 aliphatic rings. The fourth-order valence-electron chi connectivity index (χ4n) is 3.59. The van der Waals surface area contributed by atoms with E-state index in [9.17, 15) is 17.9 Å². The summed E-state index contributed by atoms with van der Waals surface area (Å²) in [6.45, 7) is 1.69. The van der Waals surface area contributed by atoms with Crippen LogP contribution in [0.5, 0.6) is 5.75 Å². The van der Waals surface area contributed by atoms with Crippen molar-refractivity contribution in [3.8, 4) is 17.3 Å². The van der Waals surface area contributed by atoms with E-state index in [-0.39, 0.29) is 57.1 Å². The number of hydrogen-bond acceptors (Lipinski definition) is 8. The average Bonchev–Trinajstić information content (AvgIpc) is 3.30. The number of nitrogens with zero attached hydrogens (tertiary/aromatic N) is 4. The quantitative estimate of drug-likeness (QED) is 0.361. The minimum absolute atomic E-state index is 0.0533. The van der Waals surface area contributed by atoms with Gasteiger partial charge in [0, 0.05) is 11.6 Å². The SMILES string of the molecule is Cc1ccccc1S(=O)(=O)Nc1nc(-c2nnc(Cc3ccc(F)cc3)o2)c(O)c2ncccc12. The molecule has 3 aromatic heterocycles. The number of aromatic hydroxyl groups is 1. The zero-order chi connectivity index (χ0) is 24.6. The van der Waals surface area contributed by atoms with Gasteiger partial charge in [0.25, 0.3) is 15.9 Å². The maximum absolute atomic E-state index is 13.2. The first kappa shape index (κ1) is 22.4. The van der Waals surface area contributed by atoms with Crippen molar-refractivity contribution in [2.24, 2.45) is 0 Å². The Balaban J connectivity index is 1.56. The first-order chi connectivity index (χ1) is 16.8. The molecular formula is C24H18FN5O4S. The highest BCUT2D eigenvalue weighted by Crippen LogP contribution is 2.36. The van der Waals surface area contributed by atoms with E-state index in [1.165, 1.54) is 24.4 Å². The van der Waals surface area contributed by atoms with E-state index in [1.807, 2.05) is 0 Å². The van der Waals surface area contributed by atoms with Gasteiger partial charge in [0.2, 0.25) is 5.89 Å². The van der Waals surface area contributed by atoms with Crippen molar-refractivity contribution in [3.05, 3.63) is 89.7 Å². The van der Waals surface area contributed by atoms with Crippen molar-refractivity contribution >= 4 is 26.7 Å². The summed E-state index contributed by atoms with van der Waals surface area (Å²) in [5, 5.41) is 19.1. The lowest BCUT2D eigenvalue weighted by Gasteiger charge is -2.13. The molecule has 5 aromatic rings. The summed E-state index contributed by atoms with van der Waals surface area (Å²) >= 11 is 0. The predicted octanol–water partition coefficient (Wildman–Crippen LogP) is 4.22. The molecule has 0 saturated carbocycles. The van der Waals surface area contributed by atoms with E-state index >= 15 is 0 Å². The van der Waals surface area contributed by atoms with Gasteiger partial charge in [-0.3, -0.25) is 9.71 Å². The average molecular weight is 492 g/mol. The lowest BCUT2D eigenvalue weighted by molar-refractivity contribution is 0.471. The zero-order valence-electron chi connectivity index (χ0n) is 18.3. The van der Waals surface area contributed by atoms with E-state index in [0.717, 1.165) is 5.56 Å². The zero-order valence-corrected chi connectivity index (χ0v) is 19.1. The summed E-state index contributed by atoms with van der Waals surface area (Å²) in [6, 6.07) is 15.5. The normalized spacial score (nSPS) is 11.6. The van der Waals surface area contributed by atoms with Crippen molar-refractivity contribution < 1.29 is 22.3 Å². The number of anilines is 1. The predicted molar refractivity (Wildman–Crippen MR) is 126 cm³/mol. The fraction of sp³-hybridized carbons (Fsp3) is 0.0833. The molecule has 176 valence electrons. The number of hydrogen-bond donors (Lipinski definition) is 2. The summed E-state index contributed by atoms with van der Waals surface area (Å²) in [6.07, 6.45) is 1.69. The van der Waals surface area contributed by atoms with Crippen LogP contribution in [-0.4, -0.2) is 33.7 Å². The molecule has 0 radical (unpaired) electrons. The van der Waals surface area contributed by atoms with Gasteiger partial charge in [-0.25, -0.2) is 17.8 Å². The number of fused-ring (bicyclic) bond motifs is 1. The third kappa shape index (κ3) is 4.41. The molecule has 11 heteroatoms. The van der Waals surface area contributed by atoms with E-state index in [4.69, 9.17) is 4.42 Å². The Morgan fingerprint density at radius 2 is 1.80 bits per heavy atom. The maximum atomic E-state index is 13.2. The molecule has 0 bridgehead atoms. The van der Waals surface area contributed by atoms with Crippen molar-refractivity contribution in [2.75, 3.05) is 4.72 Å². The molecule has 0 atom stereocenters. The molecule has 3 heterocycles. The standard InChI is InChI=1S/C24H18FN5O4S/c1-14-5-2-3-7-18(14)35(32,33)30-23-17-6-4-12-26-20(17)22(31)21(27-23)24-29-28-19(34-24)13-15-8-10-16(25)11-9-15/h2-12,31H,13H2,1H3,(H,27,30). The van der Waals surface area contributed by atoms with Gasteiger partial charge >= 0.3 is 0 Å². The van der Waals surface area contributed by atoms with Gasteiger partial charge in [-0.1, -0.05) is 30.3 Å². The van der Waals surface area contributed by atoms with Crippen LogP contribution in [-0.2, 0) is 16.4 Å². The van der Waals surface area contributed by atoms with Gasteiger partial charge < -0.3 is 9.52 Å². The number of halogens is 1. The molecule has 0 fully saturated rings. The number of aromatic nitrogens is 4. The van der Waals surface area contributed by atoms with Crippen molar-refractivity contribution in [3.63, 3.8) is 0 Å². The second-order valence-electron chi connectivity index (χ2n) is 7.73. The first-order valence-corrected chi connectivity index (χ1v) is 11.9. The van der Waals surface area contributed by atoms with Crippen LogP contribution in [0.4, 0.5) is 10.2 Å². The Morgan fingerprint density at radius 3 is 2.57 bits per heavy atom. The van der Waals surface area contributed by atoms with Crippen molar-refractivity contribution in [1.82, 2.24) is 20.2 Å². The van der Waals surface area contributed by atoms with Crippen LogP contribution in [0.25, 0.3) is 22.5 Å². The molecule has 0 amide bonds. The molecule has 9 nitrogen and oxygen atoms in total. The van der Waals surface area contributed by atoms with Gasteiger partial charge in [0.15, 0.2) is 11.4 Å². The molecule has 2 N–H and O–H groups in total. The Bertz CT molecular complexity index is 1650. The molecule has 0 spiro atoms. The molecule has 35 heavy (non-hydrogen) atoms. The smallest absolute Gasteiger partial charge is 0.270 e. The minimum Gasteiger partial charge on any atom is -0.504 e. The van der Waals surface area contributed by atoms with Crippen LogP contribution in [0.2, 0.25) is 0 Å². The monoisotopic (exact) mass is 491 g/mol. The first-order valence-electron chi connectivity index (χ1n) is 10.4. The lowest BCUT2D eigenvalue weighted by Crippen LogP contribution is -2.15. The minimum atomic E-state index is -4.01. The highest BCUT2D eigenvalue weighted by atomic mass is 32.2. The number of nitrogens with one attached hydrogen (secondary N) is 1. The third-order valence-electron chi connectivity index (χ3n) is 5.29. The van der Waals surface area contributed by atoms with Crippen molar-refractivity contribution in [1.29, 1.82) is 0 Å². The largest absolute Gasteiger partial charge is 0.504 e. The lowest BCUT2D eigenvalue weighted by atomic mass is 10.1. The number of pyridine rings is 2. The second kappa shape index (κ2) is 8.76. The Kier molecular flexibility index (Phi) is 5.61. The van der Waals surface area contributed by atoms with E-state index in [0.29, 0.717) is 5.56 Å². The maximum Gasteiger partial charge on any atom is 0.270 e. The molecule has 0 unspecified atom stereocenters. The molecule has 5 rings (SSSR count). The Labute approximate surface area is 199 Å². The number of rotatable bonds is 6. The highest BCUT2D eigenvalue weighted by molar-refractivity contribution is 7.92. The molecule has 2 aromatic carbocycles. The molecular weight excluding hydrogens is 473 g/mol. The fourth-order valence-corrected chi connectivity index (χ4v) is 4.86. The number of benzene rings is 2. The van der Waals surface area contributed by atoms with Crippen LogP contribution in [0.3, 0.4) is 0 Å². The Morgan fingerprint density at radius 1 is 1.03 bits per heavy atom. The summed E-state index contributed by atoms with van der Waals surface area (Å²) in [5.41, 5.74) is 1.28. The van der Waals surface area contributed by atoms with E-state index in [2.05, 4.69) is 24.9 Å². The second-order valence-corrected chi connectivity index (χ2v) is 9.38. The van der Waals surface area contributed by atoms with Crippen LogP contribution >= 0.6 is 0 Å². The number of aryl methyl sites for hydroxylation is 1. The Hall–Kier alpha value is -4.38. The van der Waals surface area contributed by atoms with Gasteiger partial charge in [-0.15, -0.1) is 10.2 Å². The van der Waals surface area contributed by atoms with E-state index in [1.54, 1.807) is 49.4 Å². The van der Waals surface area contributed by atoms with Crippen molar-refractivity contribution in [2.45, 2.75) is 18.2 Å². The van der Waals surface area contributed by atoms with Gasteiger partial charge in [0.1, 0.15) is 17.2 Å². The summed E-state index contributed by atoms with van der Waals surface area (Å²) in [7, 11) is -4.01. The van der Waals surface area contributed by atoms with Crippen LogP contribution in [0.15, 0.2) is 76.2 Å². The number of sulfonamides is 1. The summed E-state index contributed by atoms with van der Waals surface area (Å²) < 4.78 is 47.6.